The molecule has 0 unspecified atom stereocenters. The minimum Gasteiger partial charge on any atom is -0.333 e. The maximum absolute atomic E-state index is 12.0. The van der Waals surface area contributed by atoms with Gasteiger partial charge in [-0.25, -0.2) is 13.4 Å². The highest BCUT2D eigenvalue weighted by Crippen LogP contribution is 2.22. The second-order valence-electron chi connectivity index (χ2n) is 4.21. The Kier molecular flexibility index (Phi) is 3.59. The van der Waals surface area contributed by atoms with Crippen molar-refractivity contribution in [1.82, 2.24) is 9.97 Å². The Labute approximate surface area is 115 Å². The molecule has 96 valence electrons. The van der Waals surface area contributed by atoms with Gasteiger partial charge < -0.3 is 4.98 Å². The molecule has 4 nitrogen and oxygen atoms in total. The van der Waals surface area contributed by atoms with Crippen LogP contribution in [0.15, 0.2) is 40.1 Å². The van der Waals surface area contributed by atoms with E-state index >= 15 is 0 Å². The quantitative estimate of drug-likeness (QED) is 0.941. The third-order valence-corrected chi connectivity index (χ3v) is 5.23. The fourth-order valence-electron chi connectivity index (χ4n) is 1.54. The van der Waals surface area contributed by atoms with Crippen LogP contribution in [0, 0.1) is 0 Å². The fourth-order valence-corrected chi connectivity index (χ4v) is 2.92. The summed E-state index contributed by atoms with van der Waals surface area (Å²) in [4.78, 5) is 7.41. The molecule has 0 bridgehead atoms. The van der Waals surface area contributed by atoms with Gasteiger partial charge in [0.2, 0.25) is 0 Å². The Morgan fingerprint density at radius 2 is 1.83 bits per heavy atom. The van der Waals surface area contributed by atoms with Crippen LogP contribution in [-0.4, -0.2) is 23.6 Å². The van der Waals surface area contributed by atoms with E-state index in [1.54, 1.807) is 44.3 Å². The molecule has 1 aromatic carbocycles. The largest absolute Gasteiger partial charge is 0.333 e. The van der Waals surface area contributed by atoms with Gasteiger partial charge in [-0.05, 0) is 47.5 Å². The summed E-state index contributed by atoms with van der Waals surface area (Å²) in [5, 5.41) is -0.412. The molecular weight excluding hydrogens is 316 g/mol. The number of hydrogen-bond acceptors (Lipinski definition) is 3. The lowest BCUT2D eigenvalue weighted by atomic mass is 10.2. The molecule has 6 heteroatoms. The molecule has 0 saturated carbocycles. The van der Waals surface area contributed by atoms with Crippen molar-refractivity contribution in [2.24, 2.45) is 0 Å². The van der Waals surface area contributed by atoms with E-state index in [2.05, 4.69) is 25.9 Å². The summed E-state index contributed by atoms with van der Waals surface area (Å²) in [5.74, 6) is 0. The molecule has 0 fully saturated rings. The second-order valence-corrected chi connectivity index (χ2v) is 7.46. The van der Waals surface area contributed by atoms with Gasteiger partial charge in [0.1, 0.15) is 0 Å². The number of hydrogen-bond donors (Lipinski definition) is 1. The van der Waals surface area contributed by atoms with Crippen molar-refractivity contribution >= 4 is 25.8 Å². The zero-order valence-electron chi connectivity index (χ0n) is 10.0. The molecule has 1 N–H and O–H groups in total. The number of nitrogens with zero attached hydrogens (tertiary/aromatic N) is 1. The summed E-state index contributed by atoms with van der Waals surface area (Å²) in [7, 11) is -3.21. The van der Waals surface area contributed by atoms with Crippen LogP contribution in [0.5, 0.6) is 0 Å². The second kappa shape index (κ2) is 4.85. The molecule has 2 rings (SSSR count). The summed E-state index contributed by atoms with van der Waals surface area (Å²) >= 11 is 3.23. The minimum atomic E-state index is -3.21. The van der Waals surface area contributed by atoms with Crippen molar-refractivity contribution in [3.05, 3.63) is 35.2 Å². The van der Waals surface area contributed by atoms with E-state index in [1.807, 2.05) is 0 Å². The Hall–Kier alpha value is -1.14. The van der Waals surface area contributed by atoms with Crippen LogP contribution < -0.4 is 0 Å². The molecule has 2 aromatic rings. The molecule has 0 atom stereocenters. The van der Waals surface area contributed by atoms with Crippen LogP contribution in [-0.2, 0) is 9.84 Å². The molecule has 0 aliphatic heterocycles. The average Bonchev–Trinajstić information content (AvgIpc) is 2.76. The summed E-state index contributed by atoms with van der Waals surface area (Å²) < 4.78 is 24.6. The molecule has 1 aromatic heterocycles. The fraction of sp³-hybridized carbons (Fsp3) is 0.250. The Morgan fingerprint density at radius 3 is 2.28 bits per heavy atom. The number of imidazole rings is 1. The van der Waals surface area contributed by atoms with Gasteiger partial charge in [0, 0.05) is 0 Å². The van der Waals surface area contributed by atoms with Crippen LogP contribution in [0.25, 0.3) is 11.3 Å². The zero-order chi connectivity index (χ0) is 13.3. The third kappa shape index (κ3) is 2.49. The molecule has 0 aliphatic carbocycles. The predicted molar refractivity (Wildman–Crippen MR) is 74.0 cm³/mol. The van der Waals surface area contributed by atoms with Gasteiger partial charge in [0.25, 0.3) is 0 Å². The molecule has 18 heavy (non-hydrogen) atoms. The van der Waals surface area contributed by atoms with Crippen LogP contribution in [0.4, 0.5) is 0 Å². The first-order chi connectivity index (χ1) is 8.41. The number of benzene rings is 1. The predicted octanol–water partition coefficient (Wildman–Crippen LogP) is 3.02. The lowest BCUT2D eigenvalue weighted by molar-refractivity contribution is 0.587. The molecule has 0 aliphatic rings. The Morgan fingerprint density at radius 1 is 1.22 bits per heavy atom. The number of halogens is 1. The van der Waals surface area contributed by atoms with E-state index in [0.717, 1.165) is 11.3 Å². The van der Waals surface area contributed by atoms with Crippen molar-refractivity contribution in [2.75, 3.05) is 0 Å². The van der Waals surface area contributed by atoms with E-state index < -0.39 is 15.1 Å². The van der Waals surface area contributed by atoms with E-state index in [9.17, 15) is 8.42 Å². The lowest BCUT2D eigenvalue weighted by Crippen LogP contribution is -2.13. The number of H-pyrrole nitrogens is 1. The van der Waals surface area contributed by atoms with E-state index in [1.165, 1.54) is 0 Å². The summed E-state index contributed by atoms with van der Waals surface area (Å²) in [6.45, 7) is 3.35. The molecule has 1 heterocycles. The Bertz CT molecular complexity index is 645. The number of nitrogens with one attached hydrogen (secondary N) is 1. The van der Waals surface area contributed by atoms with Crippen LogP contribution >= 0.6 is 15.9 Å². The van der Waals surface area contributed by atoms with E-state index in [-0.39, 0.29) is 0 Å². The molecule has 0 amide bonds. The maximum atomic E-state index is 12.0. The highest BCUT2D eigenvalue weighted by molar-refractivity contribution is 9.10. The monoisotopic (exact) mass is 328 g/mol. The van der Waals surface area contributed by atoms with Crippen molar-refractivity contribution in [1.29, 1.82) is 0 Å². The van der Waals surface area contributed by atoms with Gasteiger partial charge in [-0.15, -0.1) is 0 Å². The van der Waals surface area contributed by atoms with Gasteiger partial charge in [-0.2, -0.15) is 0 Å². The minimum absolute atomic E-state index is 0.347. The van der Waals surface area contributed by atoms with Crippen molar-refractivity contribution in [3.8, 4) is 11.3 Å². The first-order valence-corrected chi connectivity index (χ1v) is 7.80. The van der Waals surface area contributed by atoms with Crippen LogP contribution in [0.3, 0.4) is 0 Å². The highest BCUT2D eigenvalue weighted by atomic mass is 79.9. The number of aromatic amines is 1. The topological polar surface area (TPSA) is 62.8 Å². The summed E-state index contributed by atoms with van der Waals surface area (Å²) in [6.07, 6.45) is 1.69. The normalized spacial score (nSPS) is 12.0. The summed E-state index contributed by atoms with van der Waals surface area (Å²) in [6, 6.07) is 6.79. The van der Waals surface area contributed by atoms with Gasteiger partial charge in [0.15, 0.2) is 14.6 Å². The van der Waals surface area contributed by atoms with Gasteiger partial charge >= 0.3 is 0 Å². The lowest BCUT2D eigenvalue weighted by Gasteiger charge is -2.08. The first-order valence-electron chi connectivity index (χ1n) is 5.46. The van der Waals surface area contributed by atoms with Gasteiger partial charge in [-0.3, -0.25) is 0 Å². The highest BCUT2D eigenvalue weighted by Gasteiger charge is 2.18. The SMILES string of the molecule is CC(C)S(=O)(=O)c1ccc(-c2cnc(Br)[nH]2)cc1. The van der Waals surface area contributed by atoms with Crippen molar-refractivity contribution in [3.63, 3.8) is 0 Å². The molecule has 0 saturated heterocycles. The molecular formula is C12H13BrN2O2S. The van der Waals surface area contributed by atoms with E-state index in [0.29, 0.717) is 9.63 Å². The number of aromatic nitrogens is 2. The average molecular weight is 329 g/mol. The first kappa shape index (κ1) is 13.3. The zero-order valence-corrected chi connectivity index (χ0v) is 12.4. The summed E-state index contributed by atoms with van der Waals surface area (Å²) in [5.41, 5.74) is 1.74. The Balaban J connectivity index is 2.37. The number of rotatable bonds is 3. The molecule has 0 spiro atoms. The van der Waals surface area contributed by atoms with Gasteiger partial charge in [0.05, 0.1) is 22.0 Å². The van der Waals surface area contributed by atoms with Crippen molar-refractivity contribution in [2.45, 2.75) is 24.0 Å². The maximum Gasteiger partial charge on any atom is 0.180 e. The van der Waals surface area contributed by atoms with Crippen LogP contribution in [0.1, 0.15) is 13.8 Å². The van der Waals surface area contributed by atoms with E-state index in [4.69, 9.17) is 0 Å². The van der Waals surface area contributed by atoms with Gasteiger partial charge in [-0.1, -0.05) is 12.1 Å². The van der Waals surface area contributed by atoms with Crippen molar-refractivity contribution < 1.29 is 8.42 Å². The standard InChI is InChI=1S/C12H13BrN2O2S/c1-8(2)18(16,17)10-5-3-9(4-6-10)11-7-14-12(13)15-11/h3-8H,1-2H3,(H,14,15). The number of sulfone groups is 1. The third-order valence-electron chi connectivity index (χ3n) is 2.66. The smallest absolute Gasteiger partial charge is 0.180 e. The molecule has 0 radical (unpaired) electrons. The van der Waals surface area contributed by atoms with Crippen LogP contribution in [0.2, 0.25) is 0 Å².